The molecule has 2 N–H and O–H groups in total. The summed E-state index contributed by atoms with van der Waals surface area (Å²) in [5, 5.41) is 2.76. The molecule has 19 heavy (non-hydrogen) atoms. The van der Waals surface area contributed by atoms with Crippen LogP contribution in [0.2, 0.25) is 0 Å². The monoisotopic (exact) mass is 267 g/mol. The molecule has 0 fully saturated rings. The first-order chi connectivity index (χ1) is 9.11. The lowest BCUT2D eigenvalue weighted by atomic mass is 10.2. The predicted molar refractivity (Wildman–Crippen MR) is 65.1 cm³/mol. The van der Waals surface area contributed by atoms with Crippen LogP contribution in [0.25, 0.3) is 0 Å². The molecular weight excluding hydrogens is 256 g/mol. The zero-order chi connectivity index (χ0) is 13.8. The molecule has 1 aromatic heterocycles. The number of anilines is 1. The van der Waals surface area contributed by atoms with Gasteiger partial charge in [-0.15, -0.1) is 0 Å². The Morgan fingerprint density at radius 3 is 2.89 bits per heavy atom. The summed E-state index contributed by atoms with van der Waals surface area (Å²) in [6.45, 7) is 0.0545. The topological polar surface area (TPSA) is 67.0 Å². The van der Waals surface area contributed by atoms with Gasteiger partial charge in [-0.2, -0.15) is 0 Å². The second-order valence-electron chi connectivity index (χ2n) is 3.70. The minimum absolute atomic E-state index is 0.00465. The highest BCUT2D eigenvalue weighted by Crippen LogP contribution is 2.17. The van der Waals surface area contributed by atoms with Crippen LogP contribution in [0, 0.1) is 11.6 Å². The van der Waals surface area contributed by atoms with Gasteiger partial charge in [0, 0.05) is 18.2 Å². The van der Waals surface area contributed by atoms with E-state index in [0.717, 1.165) is 12.1 Å². The third-order valence-corrected chi connectivity index (χ3v) is 2.48. The molecule has 2 rings (SSSR count). The van der Waals surface area contributed by atoms with Crippen LogP contribution in [0.15, 0.2) is 29.3 Å². The SMILES string of the molecule is COc1c(NCc2ccc(F)cc2F)nc[nH]c1=O. The van der Waals surface area contributed by atoms with Crippen molar-refractivity contribution in [1.82, 2.24) is 9.97 Å². The quantitative estimate of drug-likeness (QED) is 0.884. The van der Waals surface area contributed by atoms with Crippen molar-refractivity contribution in [2.24, 2.45) is 0 Å². The fourth-order valence-corrected chi connectivity index (χ4v) is 1.55. The van der Waals surface area contributed by atoms with Crippen LogP contribution in [0.4, 0.5) is 14.6 Å². The highest BCUT2D eigenvalue weighted by molar-refractivity contribution is 5.48. The number of aromatic nitrogens is 2. The van der Waals surface area contributed by atoms with Crippen molar-refractivity contribution < 1.29 is 13.5 Å². The number of aromatic amines is 1. The molecule has 0 saturated heterocycles. The summed E-state index contributed by atoms with van der Waals surface area (Å²) in [6, 6.07) is 3.26. The first-order valence-corrected chi connectivity index (χ1v) is 5.41. The number of halogens is 2. The third kappa shape index (κ3) is 2.87. The average molecular weight is 267 g/mol. The zero-order valence-corrected chi connectivity index (χ0v) is 10.0. The normalized spacial score (nSPS) is 10.3. The summed E-state index contributed by atoms with van der Waals surface area (Å²) in [5.41, 5.74) is -0.190. The Bertz CT molecular complexity index is 643. The Morgan fingerprint density at radius 1 is 1.42 bits per heavy atom. The van der Waals surface area contributed by atoms with Crippen molar-refractivity contribution >= 4 is 5.82 Å². The van der Waals surface area contributed by atoms with Crippen molar-refractivity contribution in [1.29, 1.82) is 0 Å². The van der Waals surface area contributed by atoms with Gasteiger partial charge in [-0.3, -0.25) is 4.79 Å². The molecule has 0 unspecified atom stereocenters. The van der Waals surface area contributed by atoms with Crippen LogP contribution < -0.4 is 15.6 Å². The van der Waals surface area contributed by atoms with Crippen molar-refractivity contribution in [2.75, 3.05) is 12.4 Å². The summed E-state index contributed by atoms with van der Waals surface area (Å²) in [7, 11) is 1.33. The van der Waals surface area contributed by atoms with Crippen LogP contribution >= 0.6 is 0 Å². The predicted octanol–water partition coefficient (Wildman–Crippen LogP) is 1.67. The molecule has 0 bridgehead atoms. The number of methoxy groups -OCH3 is 1. The average Bonchev–Trinajstić information content (AvgIpc) is 2.38. The Labute approximate surface area is 107 Å². The van der Waals surface area contributed by atoms with Gasteiger partial charge in [0.05, 0.1) is 13.4 Å². The lowest BCUT2D eigenvalue weighted by Gasteiger charge is -2.09. The van der Waals surface area contributed by atoms with Crippen LogP contribution in [0.3, 0.4) is 0 Å². The van der Waals surface area contributed by atoms with E-state index in [-0.39, 0.29) is 23.7 Å². The van der Waals surface area contributed by atoms with Crippen LogP contribution in [0.1, 0.15) is 5.56 Å². The van der Waals surface area contributed by atoms with Gasteiger partial charge in [0.1, 0.15) is 11.6 Å². The van der Waals surface area contributed by atoms with Gasteiger partial charge in [-0.25, -0.2) is 13.8 Å². The van der Waals surface area contributed by atoms with Gasteiger partial charge in [0.25, 0.3) is 5.56 Å². The second-order valence-corrected chi connectivity index (χ2v) is 3.70. The Morgan fingerprint density at radius 2 is 2.21 bits per heavy atom. The van der Waals surface area contributed by atoms with Crippen molar-refractivity contribution in [2.45, 2.75) is 6.54 Å². The summed E-state index contributed by atoms with van der Waals surface area (Å²) in [5.74, 6) is -1.12. The number of ether oxygens (including phenoxy) is 1. The molecule has 0 aliphatic carbocycles. The largest absolute Gasteiger partial charge is 0.489 e. The van der Waals surface area contributed by atoms with Crippen LogP contribution in [-0.4, -0.2) is 17.1 Å². The maximum Gasteiger partial charge on any atom is 0.295 e. The zero-order valence-electron chi connectivity index (χ0n) is 10.0. The Kier molecular flexibility index (Phi) is 3.74. The van der Waals surface area contributed by atoms with E-state index in [1.165, 1.54) is 19.5 Å². The number of nitrogens with one attached hydrogen (secondary N) is 2. The molecular formula is C12H11F2N3O2. The van der Waals surface area contributed by atoms with E-state index in [2.05, 4.69) is 15.3 Å². The number of hydrogen-bond acceptors (Lipinski definition) is 4. The molecule has 7 heteroatoms. The fraction of sp³-hybridized carbons (Fsp3) is 0.167. The molecule has 2 aromatic rings. The van der Waals surface area contributed by atoms with Gasteiger partial charge in [0.2, 0.25) is 5.75 Å². The molecule has 0 saturated carbocycles. The van der Waals surface area contributed by atoms with E-state index in [0.29, 0.717) is 0 Å². The minimum atomic E-state index is -0.670. The first kappa shape index (κ1) is 13.0. The Hall–Kier alpha value is -2.44. The Balaban J connectivity index is 2.19. The van der Waals surface area contributed by atoms with Crippen molar-refractivity contribution in [3.05, 3.63) is 52.1 Å². The number of H-pyrrole nitrogens is 1. The maximum atomic E-state index is 13.4. The van der Waals surface area contributed by atoms with E-state index in [1.807, 2.05) is 0 Å². The molecule has 0 aliphatic rings. The van der Waals surface area contributed by atoms with Gasteiger partial charge < -0.3 is 15.0 Å². The molecule has 5 nitrogen and oxygen atoms in total. The van der Waals surface area contributed by atoms with Gasteiger partial charge >= 0.3 is 0 Å². The van der Waals surface area contributed by atoms with Gasteiger partial charge in [-0.05, 0) is 6.07 Å². The highest BCUT2D eigenvalue weighted by Gasteiger charge is 2.10. The third-order valence-electron chi connectivity index (χ3n) is 2.48. The van der Waals surface area contributed by atoms with Crippen LogP contribution in [0.5, 0.6) is 5.75 Å². The van der Waals surface area contributed by atoms with E-state index >= 15 is 0 Å². The summed E-state index contributed by atoms with van der Waals surface area (Å²) < 4.78 is 31.1. The van der Waals surface area contributed by atoms with Crippen molar-refractivity contribution in [3.8, 4) is 5.75 Å². The van der Waals surface area contributed by atoms with Gasteiger partial charge in [-0.1, -0.05) is 6.07 Å². The number of nitrogens with zero attached hydrogens (tertiary/aromatic N) is 1. The summed E-state index contributed by atoms with van der Waals surface area (Å²) in [4.78, 5) is 17.6. The number of benzene rings is 1. The molecule has 0 radical (unpaired) electrons. The van der Waals surface area contributed by atoms with Crippen molar-refractivity contribution in [3.63, 3.8) is 0 Å². The lowest BCUT2D eigenvalue weighted by molar-refractivity contribution is 0.408. The lowest BCUT2D eigenvalue weighted by Crippen LogP contribution is -2.14. The fourth-order valence-electron chi connectivity index (χ4n) is 1.55. The van der Waals surface area contributed by atoms with E-state index in [9.17, 15) is 13.6 Å². The minimum Gasteiger partial charge on any atom is -0.489 e. The standard InChI is InChI=1S/C12H11F2N3O2/c1-19-10-11(16-6-17-12(10)18)15-5-7-2-3-8(13)4-9(7)14/h2-4,6H,5H2,1H3,(H2,15,16,17,18). The molecule has 100 valence electrons. The first-order valence-electron chi connectivity index (χ1n) is 5.41. The maximum absolute atomic E-state index is 13.4. The smallest absolute Gasteiger partial charge is 0.295 e. The molecule has 0 spiro atoms. The summed E-state index contributed by atoms with van der Waals surface area (Å²) >= 11 is 0. The second kappa shape index (κ2) is 5.47. The van der Waals surface area contributed by atoms with E-state index < -0.39 is 17.2 Å². The highest BCUT2D eigenvalue weighted by atomic mass is 19.1. The number of rotatable bonds is 4. The van der Waals surface area contributed by atoms with Gasteiger partial charge in [0.15, 0.2) is 5.82 Å². The van der Waals surface area contributed by atoms with Crippen LogP contribution in [-0.2, 0) is 6.54 Å². The molecule has 1 aromatic carbocycles. The molecule has 0 aliphatic heterocycles. The van der Waals surface area contributed by atoms with E-state index in [4.69, 9.17) is 4.74 Å². The molecule has 0 atom stereocenters. The van der Waals surface area contributed by atoms with E-state index in [1.54, 1.807) is 0 Å². The number of hydrogen-bond donors (Lipinski definition) is 2. The molecule has 0 amide bonds. The molecule has 1 heterocycles. The summed E-state index contributed by atoms with van der Waals surface area (Å²) in [6.07, 6.45) is 1.20.